The number of aromatic nitrogens is 3. The maximum atomic E-state index is 4.71. The van der Waals surface area contributed by atoms with Crippen LogP contribution in [0.4, 0.5) is 0 Å². The summed E-state index contributed by atoms with van der Waals surface area (Å²) in [6, 6.07) is 19.3. The van der Waals surface area contributed by atoms with E-state index in [0.29, 0.717) is 0 Å². The Balaban J connectivity index is 1.51. The van der Waals surface area contributed by atoms with Gasteiger partial charge < -0.3 is 4.57 Å². The molecule has 0 fully saturated rings. The van der Waals surface area contributed by atoms with Gasteiger partial charge in [-0.3, -0.25) is 10.00 Å². The average Bonchev–Trinajstić information content (AvgIpc) is 3.24. The van der Waals surface area contributed by atoms with E-state index in [9.17, 15) is 0 Å². The maximum absolute atomic E-state index is 4.71. The third-order valence-corrected chi connectivity index (χ3v) is 5.41. The molecule has 1 aliphatic rings. The van der Waals surface area contributed by atoms with Crippen LogP contribution in [0.15, 0.2) is 60.8 Å². The van der Waals surface area contributed by atoms with Crippen LogP contribution >= 0.6 is 0 Å². The SMILES string of the molecule is Cn1cc(-c2n[nH]c3c2CN(Cc2ccccc2)CC3)c2ccccc21. The van der Waals surface area contributed by atoms with E-state index in [-0.39, 0.29) is 0 Å². The monoisotopic (exact) mass is 342 g/mol. The third kappa shape index (κ3) is 2.54. The van der Waals surface area contributed by atoms with Gasteiger partial charge in [-0.25, -0.2) is 0 Å². The van der Waals surface area contributed by atoms with Crippen LogP contribution in [0.2, 0.25) is 0 Å². The van der Waals surface area contributed by atoms with Crippen molar-refractivity contribution in [2.45, 2.75) is 19.5 Å². The molecule has 2 aromatic heterocycles. The zero-order chi connectivity index (χ0) is 17.5. The number of H-pyrrole nitrogens is 1. The molecule has 0 radical (unpaired) electrons. The van der Waals surface area contributed by atoms with Crippen LogP contribution in [0.5, 0.6) is 0 Å². The molecule has 26 heavy (non-hydrogen) atoms. The predicted molar refractivity (Wildman–Crippen MR) is 105 cm³/mol. The van der Waals surface area contributed by atoms with Crippen LogP contribution in [-0.4, -0.2) is 26.2 Å². The second-order valence-corrected chi connectivity index (χ2v) is 7.15. The van der Waals surface area contributed by atoms with E-state index in [1.54, 1.807) is 0 Å². The lowest BCUT2D eigenvalue weighted by Crippen LogP contribution is -2.29. The number of para-hydroxylation sites is 1. The average molecular weight is 342 g/mol. The fourth-order valence-corrected chi connectivity index (χ4v) is 4.08. The lowest BCUT2D eigenvalue weighted by molar-refractivity contribution is 0.245. The summed E-state index contributed by atoms with van der Waals surface area (Å²) in [5.41, 5.74) is 7.58. The highest BCUT2D eigenvalue weighted by molar-refractivity contribution is 5.95. The van der Waals surface area contributed by atoms with Crippen LogP contribution in [-0.2, 0) is 26.6 Å². The fourth-order valence-electron chi connectivity index (χ4n) is 4.08. The van der Waals surface area contributed by atoms with Gasteiger partial charge in [0.15, 0.2) is 0 Å². The first-order valence-electron chi connectivity index (χ1n) is 9.16. The number of nitrogens with one attached hydrogen (secondary N) is 1. The van der Waals surface area contributed by atoms with Crippen molar-refractivity contribution in [1.82, 2.24) is 19.7 Å². The molecule has 0 bridgehead atoms. The molecule has 5 rings (SSSR count). The predicted octanol–water partition coefficient (Wildman–Crippen LogP) is 4.13. The molecule has 4 aromatic rings. The molecule has 0 spiro atoms. The van der Waals surface area contributed by atoms with Crippen molar-refractivity contribution in [2.75, 3.05) is 6.54 Å². The molecule has 130 valence electrons. The molecule has 1 N–H and O–H groups in total. The highest BCUT2D eigenvalue weighted by atomic mass is 15.2. The number of aromatic amines is 1. The van der Waals surface area contributed by atoms with Gasteiger partial charge >= 0.3 is 0 Å². The summed E-state index contributed by atoms with van der Waals surface area (Å²) in [6.45, 7) is 3.00. The van der Waals surface area contributed by atoms with Gasteiger partial charge in [0.1, 0.15) is 0 Å². The van der Waals surface area contributed by atoms with Crippen LogP contribution in [0, 0.1) is 0 Å². The van der Waals surface area contributed by atoms with Crippen molar-refractivity contribution < 1.29 is 0 Å². The van der Waals surface area contributed by atoms with Crippen molar-refractivity contribution >= 4 is 10.9 Å². The van der Waals surface area contributed by atoms with Gasteiger partial charge in [-0.1, -0.05) is 48.5 Å². The highest BCUT2D eigenvalue weighted by Gasteiger charge is 2.24. The molecule has 4 heteroatoms. The van der Waals surface area contributed by atoms with Crippen LogP contribution < -0.4 is 0 Å². The quantitative estimate of drug-likeness (QED) is 0.608. The Morgan fingerprint density at radius 1 is 1.04 bits per heavy atom. The Labute approximate surface area is 153 Å². The van der Waals surface area contributed by atoms with E-state index in [0.717, 1.165) is 31.7 Å². The number of hydrogen-bond acceptors (Lipinski definition) is 2. The minimum Gasteiger partial charge on any atom is -0.350 e. The minimum atomic E-state index is 0.944. The van der Waals surface area contributed by atoms with Crippen molar-refractivity contribution in [2.24, 2.45) is 7.05 Å². The minimum absolute atomic E-state index is 0.944. The Morgan fingerprint density at radius 2 is 1.85 bits per heavy atom. The zero-order valence-electron chi connectivity index (χ0n) is 14.9. The highest BCUT2D eigenvalue weighted by Crippen LogP contribution is 2.34. The molecule has 1 aliphatic heterocycles. The fraction of sp³-hybridized carbons (Fsp3) is 0.227. The smallest absolute Gasteiger partial charge is 0.0990 e. The summed E-state index contributed by atoms with van der Waals surface area (Å²) in [5.74, 6) is 0. The molecule has 0 saturated heterocycles. The van der Waals surface area contributed by atoms with Gasteiger partial charge in [0.2, 0.25) is 0 Å². The Kier molecular flexibility index (Phi) is 3.64. The van der Waals surface area contributed by atoms with Crippen molar-refractivity contribution in [1.29, 1.82) is 0 Å². The molecule has 3 heterocycles. The van der Waals surface area contributed by atoms with E-state index in [1.165, 1.54) is 33.3 Å². The summed E-state index contributed by atoms with van der Waals surface area (Å²) in [5, 5.41) is 9.27. The topological polar surface area (TPSA) is 36.9 Å². The molecule has 0 aliphatic carbocycles. The van der Waals surface area contributed by atoms with Crippen LogP contribution in [0.3, 0.4) is 0 Å². The van der Waals surface area contributed by atoms with Gasteiger partial charge in [-0.05, 0) is 11.6 Å². The number of fused-ring (bicyclic) bond motifs is 2. The summed E-state index contributed by atoms with van der Waals surface area (Å²) >= 11 is 0. The lowest BCUT2D eigenvalue weighted by Gasteiger charge is -2.27. The van der Waals surface area contributed by atoms with Crippen LogP contribution in [0.25, 0.3) is 22.2 Å². The Hall–Kier alpha value is -2.85. The van der Waals surface area contributed by atoms with Gasteiger partial charge in [0.25, 0.3) is 0 Å². The molecular weight excluding hydrogens is 320 g/mol. The van der Waals surface area contributed by atoms with Crippen LogP contribution in [0.1, 0.15) is 16.8 Å². The molecule has 0 atom stereocenters. The van der Waals surface area contributed by atoms with Crippen molar-refractivity contribution in [3.8, 4) is 11.3 Å². The first-order valence-corrected chi connectivity index (χ1v) is 9.16. The van der Waals surface area contributed by atoms with E-state index < -0.39 is 0 Å². The molecule has 0 saturated carbocycles. The Bertz CT molecular complexity index is 1060. The standard InChI is InChI=1S/C22H22N4/c1-25-14-18(17-9-5-6-10-21(17)25)22-19-15-26(12-11-20(19)23-24-22)13-16-7-3-2-4-8-16/h2-10,14H,11-13,15H2,1H3,(H,23,24). The van der Waals surface area contributed by atoms with E-state index in [2.05, 4.69) is 82.4 Å². The largest absolute Gasteiger partial charge is 0.350 e. The van der Waals surface area contributed by atoms with Gasteiger partial charge in [0, 0.05) is 67.0 Å². The molecule has 0 unspecified atom stereocenters. The van der Waals surface area contributed by atoms with Crippen molar-refractivity contribution in [3.63, 3.8) is 0 Å². The third-order valence-electron chi connectivity index (χ3n) is 5.41. The summed E-state index contributed by atoms with van der Waals surface area (Å²) in [6.07, 6.45) is 3.23. The maximum Gasteiger partial charge on any atom is 0.0990 e. The first kappa shape index (κ1) is 15.4. The lowest BCUT2D eigenvalue weighted by atomic mass is 10.00. The first-order chi connectivity index (χ1) is 12.8. The summed E-state index contributed by atoms with van der Waals surface area (Å²) < 4.78 is 2.19. The number of rotatable bonds is 3. The van der Waals surface area contributed by atoms with E-state index >= 15 is 0 Å². The Morgan fingerprint density at radius 3 is 2.73 bits per heavy atom. The molecule has 0 amide bonds. The molecular formula is C22H22N4. The number of aryl methyl sites for hydroxylation is 1. The summed E-state index contributed by atoms with van der Waals surface area (Å²) in [4.78, 5) is 2.52. The molecule has 2 aromatic carbocycles. The van der Waals surface area contributed by atoms with E-state index in [1.807, 2.05) is 0 Å². The van der Waals surface area contributed by atoms with Gasteiger partial charge in [-0.15, -0.1) is 0 Å². The second-order valence-electron chi connectivity index (χ2n) is 7.15. The van der Waals surface area contributed by atoms with Gasteiger partial charge in [0.05, 0.1) is 5.69 Å². The zero-order valence-corrected chi connectivity index (χ0v) is 14.9. The van der Waals surface area contributed by atoms with Gasteiger partial charge in [-0.2, -0.15) is 5.10 Å². The number of hydrogen-bond donors (Lipinski definition) is 1. The normalized spacial score (nSPS) is 14.7. The number of nitrogens with zero attached hydrogens (tertiary/aromatic N) is 3. The second kappa shape index (κ2) is 6.15. The molecule has 4 nitrogen and oxygen atoms in total. The summed E-state index contributed by atoms with van der Waals surface area (Å²) in [7, 11) is 2.10. The number of benzene rings is 2. The van der Waals surface area contributed by atoms with E-state index in [4.69, 9.17) is 5.10 Å². The van der Waals surface area contributed by atoms with Crippen molar-refractivity contribution in [3.05, 3.63) is 77.6 Å².